The highest BCUT2D eigenvalue weighted by molar-refractivity contribution is 14.1. The fraction of sp³-hybridized carbons (Fsp3) is 0.667. The third-order valence-corrected chi connectivity index (χ3v) is 3.68. The van der Waals surface area contributed by atoms with E-state index in [1.807, 2.05) is 6.92 Å². The van der Waals surface area contributed by atoms with Gasteiger partial charge in [0.25, 0.3) is 0 Å². The van der Waals surface area contributed by atoms with Crippen LogP contribution in [0.5, 0.6) is 0 Å². The average Bonchev–Trinajstić information content (AvgIpc) is 2.26. The number of nitrogen functional groups attached to an aromatic ring is 1. The van der Waals surface area contributed by atoms with Crippen LogP contribution >= 0.6 is 22.6 Å². The molecule has 0 saturated heterocycles. The lowest BCUT2D eigenvalue weighted by Crippen LogP contribution is -2.13. The summed E-state index contributed by atoms with van der Waals surface area (Å²) in [6, 6.07) is 0. The lowest BCUT2D eigenvalue weighted by Gasteiger charge is -2.15. The minimum absolute atomic E-state index is 0.0692. The van der Waals surface area contributed by atoms with Gasteiger partial charge in [0.05, 0.1) is 9.26 Å². The van der Waals surface area contributed by atoms with Crippen molar-refractivity contribution in [2.24, 2.45) is 5.92 Å². The molecule has 0 aliphatic rings. The van der Waals surface area contributed by atoms with Crippen molar-refractivity contribution in [2.45, 2.75) is 39.7 Å². The van der Waals surface area contributed by atoms with E-state index in [4.69, 9.17) is 10.5 Å². The van der Waals surface area contributed by atoms with Gasteiger partial charge in [-0.25, -0.2) is 9.97 Å². The Kier molecular flexibility index (Phi) is 5.58. The SMILES string of the molecule is CCC(OC)c1nc(N)c(I)c(CC(C)C)n1. The minimum atomic E-state index is -0.0692. The standard InChI is InChI=1S/C12H20IN3O/c1-5-9(17-4)12-15-8(6-7(2)3)10(13)11(14)16-12/h7,9H,5-6H2,1-4H3,(H2,14,15,16). The van der Waals surface area contributed by atoms with Gasteiger partial charge in [0.15, 0.2) is 5.82 Å². The minimum Gasteiger partial charge on any atom is -0.383 e. The van der Waals surface area contributed by atoms with Gasteiger partial charge in [-0.15, -0.1) is 0 Å². The summed E-state index contributed by atoms with van der Waals surface area (Å²) in [5, 5.41) is 0. The van der Waals surface area contributed by atoms with E-state index in [-0.39, 0.29) is 6.10 Å². The summed E-state index contributed by atoms with van der Waals surface area (Å²) in [6.45, 7) is 6.39. The number of hydrogen-bond acceptors (Lipinski definition) is 4. The first-order valence-corrected chi connectivity index (χ1v) is 6.92. The molecular formula is C12H20IN3O. The van der Waals surface area contributed by atoms with Crippen LogP contribution in [0.4, 0.5) is 5.82 Å². The molecule has 1 aromatic heterocycles. The summed E-state index contributed by atoms with van der Waals surface area (Å²) in [7, 11) is 1.67. The number of aromatic nitrogens is 2. The Morgan fingerprint density at radius 1 is 1.35 bits per heavy atom. The highest BCUT2D eigenvalue weighted by atomic mass is 127. The molecule has 1 heterocycles. The van der Waals surface area contributed by atoms with Crippen LogP contribution in [0, 0.1) is 9.49 Å². The average molecular weight is 349 g/mol. The molecule has 4 nitrogen and oxygen atoms in total. The topological polar surface area (TPSA) is 61.0 Å². The van der Waals surface area contributed by atoms with E-state index in [1.165, 1.54) is 0 Å². The molecule has 96 valence electrons. The third kappa shape index (κ3) is 3.77. The van der Waals surface area contributed by atoms with Crippen molar-refractivity contribution in [3.8, 4) is 0 Å². The van der Waals surface area contributed by atoms with Crippen LogP contribution in [0.2, 0.25) is 0 Å². The molecule has 0 amide bonds. The van der Waals surface area contributed by atoms with Gasteiger partial charge in [-0.05, 0) is 41.4 Å². The van der Waals surface area contributed by atoms with Crippen LogP contribution in [-0.4, -0.2) is 17.1 Å². The molecule has 0 saturated carbocycles. The first-order chi connectivity index (χ1) is 7.99. The Morgan fingerprint density at radius 3 is 2.47 bits per heavy atom. The van der Waals surface area contributed by atoms with Crippen LogP contribution in [-0.2, 0) is 11.2 Å². The van der Waals surface area contributed by atoms with Gasteiger partial charge in [-0.2, -0.15) is 0 Å². The fourth-order valence-electron chi connectivity index (χ4n) is 1.65. The predicted molar refractivity (Wildman–Crippen MR) is 77.7 cm³/mol. The molecule has 1 rings (SSSR count). The summed E-state index contributed by atoms with van der Waals surface area (Å²) in [5.41, 5.74) is 6.96. The van der Waals surface area contributed by atoms with Gasteiger partial charge in [0, 0.05) is 7.11 Å². The molecule has 17 heavy (non-hydrogen) atoms. The van der Waals surface area contributed by atoms with Crippen molar-refractivity contribution in [2.75, 3.05) is 12.8 Å². The van der Waals surface area contributed by atoms with Gasteiger partial charge >= 0.3 is 0 Å². The number of methoxy groups -OCH3 is 1. The van der Waals surface area contributed by atoms with Crippen molar-refractivity contribution >= 4 is 28.4 Å². The fourth-order valence-corrected chi connectivity index (χ4v) is 2.11. The maximum absolute atomic E-state index is 5.93. The smallest absolute Gasteiger partial charge is 0.159 e. The van der Waals surface area contributed by atoms with Crippen LogP contribution in [0.1, 0.15) is 44.8 Å². The zero-order valence-corrected chi connectivity index (χ0v) is 13.0. The first-order valence-electron chi connectivity index (χ1n) is 5.84. The van der Waals surface area contributed by atoms with Crippen LogP contribution in [0.15, 0.2) is 0 Å². The molecule has 0 bridgehead atoms. The molecule has 1 atom stereocenters. The number of nitrogens with two attached hydrogens (primary N) is 1. The summed E-state index contributed by atoms with van der Waals surface area (Å²) in [5.74, 6) is 1.80. The zero-order valence-electron chi connectivity index (χ0n) is 10.8. The highest BCUT2D eigenvalue weighted by Crippen LogP contribution is 2.23. The Bertz CT molecular complexity index is 378. The first kappa shape index (κ1) is 14.6. The molecule has 0 spiro atoms. The maximum atomic E-state index is 5.93. The largest absolute Gasteiger partial charge is 0.383 e. The number of anilines is 1. The molecule has 1 unspecified atom stereocenters. The Hall–Kier alpha value is -0.430. The third-order valence-electron chi connectivity index (χ3n) is 2.51. The van der Waals surface area contributed by atoms with Crippen molar-refractivity contribution < 1.29 is 4.74 Å². The van der Waals surface area contributed by atoms with Crippen molar-refractivity contribution in [1.29, 1.82) is 0 Å². The van der Waals surface area contributed by atoms with Gasteiger partial charge in [-0.3, -0.25) is 0 Å². The van der Waals surface area contributed by atoms with E-state index in [1.54, 1.807) is 7.11 Å². The predicted octanol–water partition coefficient (Wildman–Crippen LogP) is 2.96. The Labute approximate surface area is 117 Å². The van der Waals surface area contributed by atoms with E-state index < -0.39 is 0 Å². The van der Waals surface area contributed by atoms with E-state index in [0.717, 1.165) is 22.1 Å². The second-order valence-corrected chi connectivity index (χ2v) is 5.54. The molecule has 2 N–H and O–H groups in total. The monoisotopic (exact) mass is 349 g/mol. The van der Waals surface area contributed by atoms with Crippen LogP contribution in [0.3, 0.4) is 0 Å². The number of ether oxygens (including phenoxy) is 1. The second-order valence-electron chi connectivity index (χ2n) is 4.46. The number of rotatable bonds is 5. The number of halogens is 1. The highest BCUT2D eigenvalue weighted by Gasteiger charge is 2.17. The summed E-state index contributed by atoms with van der Waals surface area (Å²) < 4.78 is 6.32. The second kappa shape index (κ2) is 6.49. The molecule has 1 aromatic rings. The molecule has 0 fully saturated rings. The van der Waals surface area contributed by atoms with Crippen LogP contribution in [0.25, 0.3) is 0 Å². The quantitative estimate of drug-likeness (QED) is 0.831. The summed E-state index contributed by atoms with van der Waals surface area (Å²) in [6.07, 6.45) is 1.69. The van der Waals surface area contributed by atoms with Crippen molar-refractivity contribution in [3.05, 3.63) is 15.1 Å². The molecule has 0 aliphatic carbocycles. The van der Waals surface area contributed by atoms with E-state index >= 15 is 0 Å². The lowest BCUT2D eigenvalue weighted by atomic mass is 10.1. The molecule has 5 heteroatoms. The summed E-state index contributed by atoms with van der Waals surface area (Å²) in [4.78, 5) is 8.91. The van der Waals surface area contributed by atoms with Gasteiger partial charge in [-0.1, -0.05) is 20.8 Å². The van der Waals surface area contributed by atoms with Crippen LogP contribution < -0.4 is 5.73 Å². The summed E-state index contributed by atoms with van der Waals surface area (Å²) >= 11 is 2.21. The molecule has 0 radical (unpaired) electrons. The van der Waals surface area contributed by atoms with Crippen molar-refractivity contribution in [3.63, 3.8) is 0 Å². The van der Waals surface area contributed by atoms with E-state index in [9.17, 15) is 0 Å². The normalized spacial score (nSPS) is 13.1. The van der Waals surface area contributed by atoms with E-state index in [0.29, 0.717) is 17.6 Å². The lowest BCUT2D eigenvalue weighted by molar-refractivity contribution is 0.0924. The van der Waals surface area contributed by atoms with Gasteiger partial charge in [0.1, 0.15) is 11.9 Å². The van der Waals surface area contributed by atoms with Crippen molar-refractivity contribution in [1.82, 2.24) is 9.97 Å². The number of nitrogens with zero attached hydrogens (tertiary/aromatic N) is 2. The Balaban J connectivity index is 3.13. The van der Waals surface area contributed by atoms with Gasteiger partial charge < -0.3 is 10.5 Å². The number of hydrogen-bond donors (Lipinski definition) is 1. The molecule has 0 aromatic carbocycles. The maximum Gasteiger partial charge on any atom is 0.159 e. The Morgan fingerprint density at radius 2 is 2.00 bits per heavy atom. The van der Waals surface area contributed by atoms with Gasteiger partial charge in [0.2, 0.25) is 0 Å². The molecular weight excluding hydrogens is 329 g/mol. The van der Waals surface area contributed by atoms with E-state index in [2.05, 4.69) is 46.4 Å². The zero-order chi connectivity index (χ0) is 13.0. The molecule has 0 aliphatic heterocycles.